The standard InChI is InChI=1S/C60H40N2O/c1-37-33-51-48(54(34-37)62(46-17-7-4-8-18-46)53-32-27-43-22-20-39-12-10-14-41-24-30-50(53)60(43)57(39)41)28-25-44-35-47(36-55(63-2)58(44)51)61(45-15-5-3-6-16-45)52-31-26-42-21-19-38-11-9-13-40-23-29-49(52)59(42)56(38)40/h3-36H,1-2H3. The summed E-state index contributed by atoms with van der Waals surface area (Å²) in [4.78, 5) is 4.85. The Bertz CT molecular complexity index is 3880. The molecule has 0 radical (unpaired) electrons. The molecule has 0 saturated carbocycles. The van der Waals surface area contributed by atoms with Crippen molar-refractivity contribution in [2.24, 2.45) is 0 Å². The number of anilines is 6. The number of methoxy groups -OCH3 is 1. The van der Waals surface area contributed by atoms with Gasteiger partial charge in [-0.1, -0.05) is 152 Å². The summed E-state index contributed by atoms with van der Waals surface area (Å²) in [6, 6.07) is 75.8. The molecule has 0 aromatic heterocycles. The summed E-state index contributed by atoms with van der Waals surface area (Å²) in [5.41, 5.74) is 7.79. The molecule has 0 fully saturated rings. The Labute approximate surface area is 364 Å². The van der Waals surface area contributed by atoms with Crippen molar-refractivity contribution in [3.05, 3.63) is 212 Å². The molecule has 13 aromatic carbocycles. The largest absolute Gasteiger partial charge is 0.496 e. The van der Waals surface area contributed by atoms with Crippen molar-refractivity contribution < 1.29 is 4.74 Å². The van der Waals surface area contributed by atoms with Crippen LogP contribution in [0.3, 0.4) is 0 Å². The molecule has 0 atom stereocenters. The molecule has 0 spiro atoms. The van der Waals surface area contributed by atoms with Crippen LogP contribution in [0.2, 0.25) is 0 Å². The maximum absolute atomic E-state index is 6.47. The molecule has 63 heavy (non-hydrogen) atoms. The number of hydrogen-bond donors (Lipinski definition) is 0. The molecular formula is C60H40N2O. The molecule has 3 heteroatoms. The van der Waals surface area contributed by atoms with E-state index in [-0.39, 0.29) is 0 Å². The second-order valence-corrected chi connectivity index (χ2v) is 16.9. The van der Waals surface area contributed by atoms with E-state index in [0.29, 0.717) is 0 Å². The quantitative estimate of drug-likeness (QED) is 0.149. The van der Waals surface area contributed by atoms with Crippen LogP contribution in [0.1, 0.15) is 5.56 Å². The highest BCUT2D eigenvalue weighted by atomic mass is 16.5. The summed E-state index contributed by atoms with van der Waals surface area (Å²) in [5, 5.41) is 19.7. The van der Waals surface area contributed by atoms with Crippen LogP contribution in [0.5, 0.6) is 5.75 Å². The molecule has 296 valence electrons. The number of ether oxygens (including phenoxy) is 1. The normalized spacial score (nSPS) is 12.0. The lowest BCUT2D eigenvalue weighted by atomic mass is 9.92. The fourth-order valence-electron chi connectivity index (χ4n) is 10.7. The van der Waals surface area contributed by atoms with Gasteiger partial charge in [0.05, 0.1) is 29.9 Å². The van der Waals surface area contributed by atoms with Gasteiger partial charge in [-0.3, -0.25) is 0 Å². The summed E-state index contributed by atoms with van der Waals surface area (Å²) in [7, 11) is 1.80. The van der Waals surface area contributed by atoms with Gasteiger partial charge in [-0.05, 0) is 126 Å². The van der Waals surface area contributed by atoms with Crippen molar-refractivity contribution in [1.29, 1.82) is 0 Å². The van der Waals surface area contributed by atoms with Crippen molar-refractivity contribution in [2.75, 3.05) is 16.9 Å². The molecule has 0 bridgehead atoms. The van der Waals surface area contributed by atoms with Crippen LogP contribution in [-0.2, 0) is 0 Å². The molecule has 0 unspecified atom stereocenters. The second-order valence-electron chi connectivity index (χ2n) is 16.9. The number of benzene rings is 13. The average molecular weight is 805 g/mol. The Hall–Kier alpha value is -8.14. The van der Waals surface area contributed by atoms with E-state index in [1.165, 1.54) is 70.2 Å². The van der Waals surface area contributed by atoms with E-state index in [1.807, 2.05) is 0 Å². The third-order valence-electron chi connectivity index (χ3n) is 13.4. The Morgan fingerprint density at radius 1 is 0.302 bits per heavy atom. The van der Waals surface area contributed by atoms with E-state index in [0.717, 1.165) is 61.4 Å². The first-order chi connectivity index (χ1) is 31.1. The van der Waals surface area contributed by atoms with Crippen LogP contribution < -0.4 is 14.5 Å². The van der Waals surface area contributed by atoms with Crippen molar-refractivity contribution in [3.8, 4) is 5.75 Å². The van der Waals surface area contributed by atoms with Gasteiger partial charge in [-0.25, -0.2) is 0 Å². The molecule has 0 aliphatic heterocycles. The zero-order valence-corrected chi connectivity index (χ0v) is 34.9. The Morgan fingerprint density at radius 3 is 1.32 bits per heavy atom. The molecule has 0 N–H and O–H groups in total. The monoisotopic (exact) mass is 804 g/mol. The van der Waals surface area contributed by atoms with Gasteiger partial charge in [0.1, 0.15) is 5.75 Å². The van der Waals surface area contributed by atoms with E-state index < -0.39 is 0 Å². The van der Waals surface area contributed by atoms with Gasteiger partial charge in [0, 0.05) is 39.0 Å². The van der Waals surface area contributed by atoms with E-state index in [1.54, 1.807) is 7.11 Å². The van der Waals surface area contributed by atoms with E-state index in [9.17, 15) is 0 Å². The molecule has 0 amide bonds. The van der Waals surface area contributed by atoms with Gasteiger partial charge in [-0.2, -0.15) is 0 Å². The van der Waals surface area contributed by atoms with E-state index >= 15 is 0 Å². The number of aryl methyl sites for hydroxylation is 1. The van der Waals surface area contributed by atoms with Gasteiger partial charge >= 0.3 is 0 Å². The highest BCUT2D eigenvalue weighted by Gasteiger charge is 2.24. The summed E-state index contributed by atoms with van der Waals surface area (Å²) in [6.45, 7) is 2.21. The highest BCUT2D eigenvalue weighted by molar-refractivity contribution is 6.28. The van der Waals surface area contributed by atoms with E-state index in [2.05, 4.69) is 223 Å². The molecule has 13 aromatic rings. The predicted octanol–water partition coefficient (Wildman–Crippen LogP) is 17.0. The van der Waals surface area contributed by atoms with E-state index in [4.69, 9.17) is 4.74 Å². The summed E-state index contributed by atoms with van der Waals surface area (Å²) < 4.78 is 6.47. The van der Waals surface area contributed by atoms with Crippen LogP contribution in [0.4, 0.5) is 34.1 Å². The smallest absolute Gasteiger partial charge is 0.129 e. The number of nitrogens with zero attached hydrogens (tertiary/aromatic N) is 2. The second kappa shape index (κ2) is 13.7. The van der Waals surface area contributed by atoms with Gasteiger partial charge < -0.3 is 14.5 Å². The maximum atomic E-state index is 6.47. The predicted molar refractivity (Wildman–Crippen MR) is 270 cm³/mol. The van der Waals surface area contributed by atoms with Gasteiger partial charge in [0.15, 0.2) is 0 Å². The average Bonchev–Trinajstić information content (AvgIpc) is 3.33. The van der Waals surface area contributed by atoms with Crippen molar-refractivity contribution in [3.63, 3.8) is 0 Å². The van der Waals surface area contributed by atoms with Gasteiger partial charge in [0.2, 0.25) is 0 Å². The zero-order chi connectivity index (χ0) is 41.8. The lowest BCUT2D eigenvalue weighted by Gasteiger charge is -2.30. The van der Waals surface area contributed by atoms with Crippen LogP contribution in [0.15, 0.2) is 206 Å². The minimum absolute atomic E-state index is 0.831. The Kier molecular flexibility index (Phi) is 7.73. The summed E-state index contributed by atoms with van der Waals surface area (Å²) in [5.74, 6) is 0.831. The van der Waals surface area contributed by atoms with Gasteiger partial charge in [0.25, 0.3) is 0 Å². The van der Waals surface area contributed by atoms with Crippen LogP contribution in [-0.4, -0.2) is 7.11 Å². The lowest BCUT2D eigenvalue weighted by molar-refractivity contribution is 0.420. The lowest BCUT2D eigenvalue weighted by Crippen LogP contribution is -2.12. The first-order valence-electron chi connectivity index (χ1n) is 21.7. The number of hydrogen-bond acceptors (Lipinski definition) is 3. The first-order valence-corrected chi connectivity index (χ1v) is 21.7. The molecular weight excluding hydrogens is 765 g/mol. The topological polar surface area (TPSA) is 15.7 Å². The molecule has 0 saturated heterocycles. The van der Waals surface area contributed by atoms with Crippen molar-refractivity contribution >= 4 is 120 Å². The number of rotatable bonds is 7. The molecule has 3 nitrogen and oxygen atoms in total. The first kappa shape index (κ1) is 35.6. The molecule has 0 aliphatic rings. The molecule has 13 rings (SSSR count). The number of fused-ring (bicyclic) bond motifs is 3. The minimum atomic E-state index is 0.831. The Morgan fingerprint density at radius 2 is 0.762 bits per heavy atom. The molecule has 0 aliphatic carbocycles. The van der Waals surface area contributed by atoms with Crippen LogP contribution in [0.25, 0.3) is 86.2 Å². The SMILES string of the molecule is COc1cc(N(c2ccccc2)c2ccc3ccc4cccc5ccc2c3c45)cc2ccc3c(N(c4ccccc4)c4ccc5ccc6cccc7ccc4c5c67)cc(C)cc3c12. The minimum Gasteiger partial charge on any atom is -0.496 e. The van der Waals surface area contributed by atoms with Crippen molar-refractivity contribution in [1.82, 2.24) is 0 Å². The highest BCUT2D eigenvalue weighted by Crippen LogP contribution is 2.50. The Balaban J connectivity index is 1.05. The fraction of sp³-hybridized carbons (Fsp3) is 0.0333. The van der Waals surface area contributed by atoms with Crippen LogP contribution >= 0.6 is 0 Å². The fourth-order valence-corrected chi connectivity index (χ4v) is 10.7. The zero-order valence-electron chi connectivity index (χ0n) is 34.9. The third kappa shape index (κ3) is 5.33. The summed E-state index contributed by atoms with van der Waals surface area (Å²) in [6.07, 6.45) is 0. The van der Waals surface area contributed by atoms with Crippen LogP contribution in [0, 0.1) is 6.92 Å². The third-order valence-corrected chi connectivity index (χ3v) is 13.4. The summed E-state index contributed by atoms with van der Waals surface area (Å²) >= 11 is 0. The van der Waals surface area contributed by atoms with Crippen molar-refractivity contribution in [2.45, 2.75) is 6.92 Å². The molecule has 0 heterocycles. The maximum Gasteiger partial charge on any atom is 0.129 e. The number of para-hydroxylation sites is 2. The van der Waals surface area contributed by atoms with Gasteiger partial charge in [-0.15, -0.1) is 0 Å².